The highest BCUT2D eigenvalue weighted by Gasteiger charge is 2.14. The molecule has 0 aromatic carbocycles. The van der Waals surface area contributed by atoms with Crippen LogP contribution in [0.5, 0.6) is 0 Å². The average molecular weight is 318 g/mol. The van der Waals surface area contributed by atoms with Crippen molar-refractivity contribution in [2.75, 3.05) is 37.8 Å². The Hall–Kier alpha value is 0.230. The minimum Gasteiger partial charge on any atom is -0.389 e. The van der Waals surface area contributed by atoms with Gasteiger partial charge in [0.25, 0.3) is 0 Å². The van der Waals surface area contributed by atoms with Gasteiger partial charge in [0, 0.05) is 13.2 Å². The first-order valence-electron chi connectivity index (χ1n) is 8.80. The summed E-state index contributed by atoms with van der Waals surface area (Å²) in [7, 11) is 0. The molecule has 4 heteroatoms. The van der Waals surface area contributed by atoms with Crippen molar-refractivity contribution in [1.82, 2.24) is 5.32 Å². The van der Waals surface area contributed by atoms with E-state index < -0.39 is 0 Å². The lowest BCUT2D eigenvalue weighted by Gasteiger charge is -2.22. The summed E-state index contributed by atoms with van der Waals surface area (Å²) in [5.41, 5.74) is 0. The molecule has 21 heavy (non-hydrogen) atoms. The summed E-state index contributed by atoms with van der Waals surface area (Å²) in [5, 5.41) is 13.4. The Morgan fingerprint density at radius 3 is 2.67 bits per heavy atom. The van der Waals surface area contributed by atoms with Gasteiger partial charge in [-0.05, 0) is 49.1 Å². The fourth-order valence-corrected chi connectivity index (χ4v) is 3.94. The van der Waals surface area contributed by atoms with Crippen molar-refractivity contribution < 1.29 is 9.84 Å². The zero-order valence-electron chi connectivity index (χ0n) is 14.0. The summed E-state index contributed by atoms with van der Waals surface area (Å²) in [6, 6.07) is 0. The van der Waals surface area contributed by atoms with E-state index in [0.29, 0.717) is 19.1 Å². The number of unbranched alkanes of at least 4 members (excludes halogenated alkanes) is 1. The molecule has 1 fully saturated rings. The fourth-order valence-electron chi connectivity index (χ4n) is 2.73. The van der Waals surface area contributed by atoms with Gasteiger partial charge in [-0.1, -0.05) is 33.1 Å². The SMILES string of the molecule is CCCCC(CC)COCC(O)CNCC1CCSCC1. The minimum atomic E-state index is -0.369. The lowest BCUT2D eigenvalue weighted by molar-refractivity contribution is 0.0190. The first-order chi connectivity index (χ1) is 10.3. The second-order valence-electron chi connectivity index (χ2n) is 6.32. The van der Waals surface area contributed by atoms with Crippen LogP contribution in [-0.2, 0) is 4.74 Å². The molecule has 0 aromatic rings. The molecule has 126 valence electrons. The molecule has 2 atom stereocenters. The van der Waals surface area contributed by atoms with E-state index in [4.69, 9.17) is 4.74 Å². The standard InChI is InChI=1S/C17H35NO2S/c1-3-5-6-15(4-2)13-20-14-17(19)12-18-11-16-7-9-21-10-8-16/h15-19H,3-14H2,1-2H3. The second kappa shape index (κ2) is 12.7. The van der Waals surface area contributed by atoms with Crippen molar-refractivity contribution in [1.29, 1.82) is 0 Å². The summed E-state index contributed by atoms with van der Waals surface area (Å²) >= 11 is 2.06. The molecule has 2 unspecified atom stereocenters. The summed E-state index contributed by atoms with van der Waals surface area (Å²) < 4.78 is 5.69. The van der Waals surface area contributed by atoms with E-state index >= 15 is 0 Å². The van der Waals surface area contributed by atoms with Crippen LogP contribution in [0.3, 0.4) is 0 Å². The van der Waals surface area contributed by atoms with Gasteiger partial charge < -0.3 is 15.2 Å². The lowest BCUT2D eigenvalue weighted by Crippen LogP contribution is -2.34. The van der Waals surface area contributed by atoms with Crippen LogP contribution in [-0.4, -0.2) is 49.0 Å². The van der Waals surface area contributed by atoms with Crippen LogP contribution in [0.2, 0.25) is 0 Å². The summed E-state index contributed by atoms with van der Waals surface area (Å²) in [5.74, 6) is 4.06. The molecule has 0 aromatic heterocycles. The Morgan fingerprint density at radius 1 is 1.24 bits per heavy atom. The van der Waals surface area contributed by atoms with Crippen molar-refractivity contribution in [3.8, 4) is 0 Å². The van der Waals surface area contributed by atoms with Crippen molar-refractivity contribution >= 4 is 11.8 Å². The summed E-state index contributed by atoms with van der Waals surface area (Å²) in [6.45, 7) is 7.43. The number of hydrogen-bond acceptors (Lipinski definition) is 4. The highest BCUT2D eigenvalue weighted by molar-refractivity contribution is 7.99. The van der Waals surface area contributed by atoms with Crippen LogP contribution in [0.25, 0.3) is 0 Å². The largest absolute Gasteiger partial charge is 0.389 e. The van der Waals surface area contributed by atoms with Gasteiger partial charge >= 0.3 is 0 Å². The Balaban J connectivity index is 1.98. The number of ether oxygens (including phenoxy) is 1. The molecule has 0 aliphatic carbocycles. The third-order valence-electron chi connectivity index (χ3n) is 4.36. The first kappa shape index (κ1) is 19.3. The van der Waals surface area contributed by atoms with Crippen LogP contribution >= 0.6 is 11.8 Å². The molecule has 0 amide bonds. The average Bonchev–Trinajstić information content (AvgIpc) is 2.51. The summed E-state index contributed by atoms with van der Waals surface area (Å²) in [4.78, 5) is 0. The molecule has 0 radical (unpaired) electrons. The van der Waals surface area contributed by atoms with E-state index in [-0.39, 0.29) is 6.10 Å². The monoisotopic (exact) mass is 317 g/mol. The maximum atomic E-state index is 9.95. The van der Waals surface area contributed by atoms with Gasteiger partial charge in [-0.2, -0.15) is 11.8 Å². The molecule has 1 heterocycles. The minimum absolute atomic E-state index is 0.369. The smallest absolute Gasteiger partial charge is 0.0897 e. The molecule has 1 rings (SSSR count). The number of hydrogen-bond donors (Lipinski definition) is 2. The highest BCUT2D eigenvalue weighted by Crippen LogP contribution is 2.21. The number of aliphatic hydroxyl groups excluding tert-OH is 1. The Bertz CT molecular complexity index is 235. The van der Waals surface area contributed by atoms with Crippen LogP contribution in [0.4, 0.5) is 0 Å². The predicted molar refractivity (Wildman–Crippen MR) is 93.1 cm³/mol. The van der Waals surface area contributed by atoms with E-state index in [1.165, 1.54) is 50.0 Å². The molecule has 3 nitrogen and oxygen atoms in total. The van der Waals surface area contributed by atoms with Gasteiger partial charge in [0.1, 0.15) is 0 Å². The van der Waals surface area contributed by atoms with Gasteiger partial charge in [-0.15, -0.1) is 0 Å². The molecule has 0 spiro atoms. The number of thioether (sulfide) groups is 1. The third-order valence-corrected chi connectivity index (χ3v) is 5.41. The summed E-state index contributed by atoms with van der Waals surface area (Å²) in [6.07, 6.45) is 7.23. The zero-order valence-corrected chi connectivity index (χ0v) is 14.8. The molecule has 1 saturated heterocycles. The van der Waals surface area contributed by atoms with Crippen molar-refractivity contribution in [2.24, 2.45) is 11.8 Å². The van der Waals surface area contributed by atoms with Gasteiger partial charge in [-0.25, -0.2) is 0 Å². The Kier molecular flexibility index (Phi) is 11.7. The molecule has 1 aliphatic rings. The van der Waals surface area contributed by atoms with Gasteiger partial charge in [0.05, 0.1) is 12.7 Å². The normalized spacial score (nSPS) is 19.6. The number of aliphatic hydroxyl groups is 1. The quantitative estimate of drug-likeness (QED) is 0.579. The Labute approximate surface area is 135 Å². The van der Waals surface area contributed by atoms with E-state index in [1.807, 2.05) is 0 Å². The maximum absolute atomic E-state index is 9.95. The fraction of sp³-hybridized carbons (Fsp3) is 1.00. The predicted octanol–water partition coefficient (Wildman–Crippen LogP) is 3.31. The first-order valence-corrected chi connectivity index (χ1v) is 9.95. The van der Waals surface area contributed by atoms with Crippen LogP contribution in [0.15, 0.2) is 0 Å². The van der Waals surface area contributed by atoms with Crippen LogP contribution in [0, 0.1) is 11.8 Å². The van der Waals surface area contributed by atoms with Gasteiger partial charge in [0.15, 0.2) is 0 Å². The van der Waals surface area contributed by atoms with Crippen molar-refractivity contribution in [3.63, 3.8) is 0 Å². The molecule has 0 bridgehead atoms. The highest BCUT2D eigenvalue weighted by atomic mass is 32.2. The Morgan fingerprint density at radius 2 is 2.00 bits per heavy atom. The topological polar surface area (TPSA) is 41.5 Å². The molecular weight excluding hydrogens is 282 g/mol. The lowest BCUT2D eigenvalue weighted by atomic mass is 10.0. The van der Waals surface area contributed by atoms with Crippen molar-refractivity contribution in [2.45, 2.75) is 58.5 Å². The number of rotatable bonds is 12. The molecular formula is C17H35NO2S. The zero-order chi connectivity index (χ0) is 15.3. The van der Waals surface area contributed by atoms with E-state index in [1.54, 1.807) is 0 Å². The van der Waals surface area contributed by atoms with E-state index in [9.17, 15) is 5.11 Å². The van der Waals surface area contributed by atoms with Crippen LogP contribution < -0.4 is 5.32 Å². The van der Waals surface area contributed by atoms with Gasteiger partial charge in [-0.3, -0.25) is 0 Å². The molecule has 2 N–H and O–H groups in total. The van der Waals surface area contributed by atoms with E-state index in [2.05, 4.69) is 30.9 Å². The molecule has 1 aliphatic heterocycles. The number of nitrogens with one attached hydrogen (secondary N) is 1. The second-order valence-corrected chi connectivity index (χ2v) is 7.55. The van der Waals surface area contributed by atoms with E-state index in [0.717, 1.165) is 19.1 Å². The molecule has 0 saturated carbocycles. The van der Waals surface area contributed by atoms with Gasteiger partial charge in [0.2, 0.25) is 0 Å². The van der Waals surface area contributed by atoms with Crippen LogP contribution in [0.1, 0.15) is 52.4 Å². The third kappa shape index (κ3) is 9.77. The van der Waals surface area contributed by atoms with Crippen molar-refractivity contribution in [3.05, 3.63) is 0 Å². The maximum Gasteiger partial charge on any atom is 0.0897 e.